The van der Waals surface area contributed by atoms with Crippen molar-refractivity contribution in [3.8, 4) is 0 Å². The molecule has 2 fully saturated rings. The molecular weight excluding hydrogens is 204 g/mol. The lowest BCUT2D eigenvalue weighted by Gasteiger charge is -2.40. The third kappa shape index (κ3) is 3.11. The summed E-state index contributed by atoms with van der Waals surface area (Å²) in [5.41, 5.74) is 0. The third-order valence-electron chi connectivity index (χ3n) is 3.89. The predicted octanol–water partition coefficient (Wildman–Crippen LogP) is 1.95. The van der Waals surface area contributed by atoms with Gasteiger partial charge in [-0.3, -0.25) is 4.90 Å². The van der Waals surface area contributed by atoms with Crippen LogP contribution >= 0.6 is 11.8 Å². The second kappa shape index (κ2) is 5.55. The highest BCUT2D eigenvalue weighted by molar-refractivity contribution is 7.99. The van der Waals surface area contributed by atoms with Crippen molar-refractivity contribution >= 4 is 11.8 Å². The largest absolute Gasteiger partial charge is 0.312 e. The first-order chi connectivity index (χ1) is 7.29. The molecule has 1 aliphatic heterocycles. The monoisotopic (exact) mass is 228 g/mol. The number of nitrogens with one attached hydrogen (secondary N) is 1. The van der Waals surface area contributed by atoms with E-state index in [1.165, 1.54) is 45.3 Å². The maximum Gasteiger partial charge on any atom is 0.0167 e. The molecule has 0 radical (unpaired) electrons. The van der Waals surface area contributed by atoms with Crippen molar-refractivity contribution in [3.05, 3.63) is 0 Å². The predicted molar refractivity (Wildman–Crippen MR) is 68.6 cm³/mol. The average molecular weight is 228 g/mol. The number of piperazine rings is 1. The molecule has 1 unspecified atom stereocenters. The summed E-state index contributed by atoms with van der Waals surface area (Å²) in [7, 11) is 0. The summed E-state index contributed by atoms with van der Waals surface area (Å²) in [6.45, 7) is 6.01. The maximum atomic E-state index is 3.53. The van der Waals surface area contributed by atoms with Crippen molar-refractivity contribution in [1.82, 2.24) is 10.2 Å². The van der Waals surface area contributed by atoms with Gasteiger partial charge in [-0.05, 0) is 38.9 Å². The zero-order chi connectivity index (χ0) is 10.7. The van der Waals surface area contributed by atoms with Gasteiger partial charge >= 0.3 is 0 Å². The zero-order valence-electron chi connectivity index (χ0n) is 10.0. The van der Waals surface area contributed by atoms with E-state index in [4.69, 9.17) is 0 Å². The van der Waals surface area contributed by atoms with E-state index in [1.807, 2.05) is 0 Å². The zero-order valence-corrected chi connectivity index (χ0v) is 10.9. The van der Waals surface area contributed by atoms with E-state index in [1.54, 1.807) is 0 Å². The highest BCUT2D eigenvalue weighted by Crippen LogP contribution is 2.29. The number of hydrogen-bond acceptors (Lipinski definition) is 3. The molecule has 1 saturated heterocycles. The van der Waals surface area contributed by atoms with Crippen molar-refractivity contribution in [1.29, 1.82) is 0 Å². The molecule has 0 bridgehead atoms. The lowest BCUT2D eigenvalue weighted by atomic mass is 9.93. The summed E-state index contributed by atoms with van der Waals surface area (Å²) in [6.07, 6.45) is 7.99. The van der Waals surface area contributed by atoms with Crippen LogP contribution in [-0.4, -0.2) is 48.1 Å². The Morgan fingerprint density at radius 1 is 1.20 bits per heavy atom. The van der Waals surface area contributed by atoms with Crippen molar-refractivity contribution in [2.45, 2.75) is 49.9 Å². The van der Waals surface area contributed by atoms with Crippen molar-refractivity contribution in [3.63, 3.8) is 0 Å². The molecule has 3 heteroatoms. The van der Waals surface area contributed by atoms with Gasteiger partial charge in [-0.25, -0.2) is 0 Å². The molecule has 2 nitrogen and oxygen atoms in total. The van der Waals surface area contributed by atoms with Crippen LogP contribution in [-0.2, 0) is 0 Å². The summed E-state index contributed by atoms with van der Waals surface area (Å²) in [6, 6.07) is 1.58. The average Bonchev–Trinajstić information content (AvgIpc) is 2.29. The minimum Gasteiger partial charge on any atom is -0.312 e. The molecule has 1 atom stereocenters. The van der Waals surface area contributed by atoms with Crippen LogP contribution in [0.25, 0.3) is 0 Å². The summed E-state index contributed by atoms with van der Waals surface area (Å²) < 4.78 is 0. The molecule has 0 amide bonds. The summed E-state index contributed by atoms with van der Waals surface area (Å²) in [5, 5.41) is 4.47. The Bertz CT molecular complexity index is 190. The van der Waals surface area contributed by atoms with E-state index in [-0.39, 0.29) is 0 Å². The van der Waals surface area contributed by atoms with Crippen molar-refractivity contribution < 1.29 is 0 Å². The van der Waals surface area contributed by atoms with Gasteiger partial charge in [0, 0.05) is 37.0 Å². The quantitative estimate of drug-likeness (QED) is 0.778. The molecular formula is C12H24N2S. The smallest absolute Gasteiger partial charge is 0.0167 e. The highest BCUT2D eigenvalue weighted by atomic mass is 32.2. The minimum atomic E-state index is 0.692. The van der Waals surface area contributed by atoms with Gasteiger partial charge in [-0.2, -0.15) is 11.8 Å². The molecule has 2 rings (SSSR count). The topological polar surface area (TPSA) is 15.3 Å². The molecule has 0 aromatic rings. The van der Waals surface area contributed by atoms with Gasteiger partial charge in [0.05, 0.1) is 0 Å². The standard InChI is InChI=1S/C12H24N2S/c1-10-9-14(8-7-13-10)11-3-5-12(15-2)6-4-11/h10-13H,3-9H2,1-2H3. The van der Waals surface area contributed by atoms with Gasteiger partial charge in [-0.15, -0.1) is 0 Å². The van der Waals surface area contributed by atoms with E-state index < -0.39 is 0 Å². The van der Waals surface area contributed by atoms with Gasteiger partial charge in [0.15, 0.2) is 0 Å². The van der Waals surface area contributed by atoms with E-state index in [0.29, 0.717) is 6.04 Å². The molecule has 1 aliphatic carbocycles. The maximum absolute atomic E-state index is 3.53. The first kappa shape index (κ1) is 11.7. The molecule has 1 heterocycles. The Labute approximate surface area is 98.2 Å². The number of rotatable bonds is 2. The summed E-state index contributed by atoms with van der Waals surface area (Å²) in [5.74, 6) is 0. The number of hydrogen-bond donors (Lipinski definition) is 1. The Hall–Kier alpha value is 0.270. The molecule has 2 aliphatic rings. The van der Waals surface area contributed by atoms with Gasteiger partial charge in [0.1, 0.15) is 0 Å². The van der Waals surface area contributed by atoms with Gasteiger partial charge in [0.25, 0.3) is 0 Å². The van der Waals surface area contributed by atoms with Gasteiger partial charge in [0.2, 0.25) is 0 Å². The fourth-order valence-corrected chi connectivity index (χ4v) is 3.68. The van der Waals surface area contributed by atoms with Crippen molar-refractivity contribution in [2.24, 2.45) is 0 Å². The molecule has 0 aromatic heterocycles. The molecule has 15 heavy (non-hydrogen) atoms. The van der Waals surface area contributed by atoms with E-state index in [9.17, 15) is 0 Å². The van der Waals surface area contributed by atoms with Crippen molar-refractivity contribution in [2.75, 3.05) is 25.9 Å². The minimum absolute atomic E-state index is 0.692. The fourth-order valence-electron chi connectivity index (χ4n) is 2.94. The van der Waals surface area contributed by atoms with E-state index in [2.05, 4.69) is 35.2 Å². The van der Waals surface area contributed by atoms with Crippen LogP contribution in [0, 0.1) is 0 Å². The van der Waals surface area contributed by atoms with Crippen LogP contribution in [0.1, 0.15) is 32.6 Å². The van der Waals surface area contributed by atoms with Crippen LogP contribution in [0.4, 0.5) is 0 Å². The first-order valence-electron chi connectivity index (χ1n) is 6.30. The summed E-state index contributed by atoms with van der Waals surface area (Å²) in [4.78, 5) is 2.72. The van der Waals surface area contributed by atoms with E-state index in [0.717, 1.165) is 11.3 Å². The van der Waals surface area contributed by atoms with Crippen LogP contribution in [0.15, 0.2) is 0 Å². The molecule has 0 aromatic carbocycles. The van der Waals surface area contributed by atoms with Crippen LogP contribution in [0.5, 0.6) is 0 Å². The molecule has 1 saturated carbocycles. The highest BCUT2D eigenvalue weighted by Gasteiger charge is 2.27. The molecule has 1 N–H and O–H groups in total. The lowest BCUT2D eigenvalue weighted by molar-refractivity contribution is 0.121. The number of nitrogens with zero attached hydrogens (tertiary/aromatic N) is 1. The third-order valence-corrected chi connectivity index (χ3v) is 5.03. The first-order valence-corrected chi connectivity index (χ1v) is 7.58. The van der Waals surface area contributed by atoms with Gasteiger partial charge in [-0.1, -0.05) is 0 Å². The number of thioether (sulfide) groups is 1. The Balaban J connectivity index is 1.79. The normalized spacial score (nSPS) is 39.2. The molecule has 0 spiro atoms. The van der Waals surface area contributed by atoms with Crippen LogP contribution in [0.3, 0.4) is 0 Å². The van der Waals surface area contributed by atoms with Crippen LogP contribution in [0.2, 0.25) is 0 Å². The van der Waals surface area contributed by atoms with Gasteiger partial charge < -0.3 is 5.32 Å². The summed E-state index contributed by atoms with van der Waals surface area (Å²) >= 11 is 2.06. The second-order valence-corrected chi connectivity index (χ2v) is 6.15. The van der Waals surface area contributed by atoms with Crippen LogP contribution < -0.4 is 5.32 Å². The Kier molecular flexibility index (Phi) is 4.35. The Morgan fingerprint density at radius 2 is 1.93 bits per heavy atom. The van der Waals surface area contributed by atoms with E-state index >= 15 is 0 Å². The lowest BCUT2D eigenvalue weighted by Crippen LogP contribution is -2.53. The second-order valence-electron chi connectivity index (χ2n) is 5.02. The SMILES string of the molecule is CSC1CCC(N2CCNC(C)C2)CC1. The fraction of sp³-hybridized carbons (Fsp3) is 1.00. The Morgan fingerprint density at radius 3 is 2.53 bits per heavy atom. The molecule has 88 valence electrons.